The molecule has 7 atom stereocenters. The minimum absolute atomic E-state index is 0.152. The van der Waals surface area contributed by atoms with Gasteiger partial charge >= 0.3 is 0 Å². The molecule has 3 saturated carbocycles. The molecule has 3 aliphatic carbocycles. The van der Waals surface area contributed by atoms with Crippen LogP contribution in [0.5, 0.6) is 0 Å². The van der Waals surface area contributed by atoms with Crippen LogP contribution >= 0.6 is 0 Å². The molecule has 3 aliphatic rings. The molecule has 0 radical (unpaired) electrons. The average Bonchev–Trinajstić information content (AvgIpc) is 3.00. The minimum atomic E-state index is -0.674. The van der Waals surface area contributed by atoms with E-state index in [1.807, 2.05) is 13.8 Å². The van der Waals surface area contributed by atoms with Gasteiger partial charge in [0.2, 0.25) is 0 Å². The second-order valence-corrected chi connectivity index (χ2v) is 11.3. The van der Waals surface area contributed by atoms with Crippen molar-refractivity contribution in [2.24, 2.45) is 29.1 Å². The second-order valence-electron chi connectivity index (χ2n) is 11.3. The van der Waals surface area contributed by atoms with Crippen molar-refractivity contribution in [3.63, 3.8) is 0 Å². The molecule has 3 heteroatoms. The molecule has 0 heterocycles. The Morgan fingerprint density at radius 2 is 1.70 bits per heavy atom. The van der Waals surface area contributed by atoms with Gasteiger partial charge in [0, 0.05) is 5.92 Å². The van der Waals surface area contributed by atoms with Crippen LogP contribution in [-0.2, 0) is 0 Å². The number of hydrogen-bond donors (Lipinski definition) is 3. The molecular formula is C27H44O3. The standard InChI is InChI=1S/C27H44O3/c1-18(8-9-19(2)26(3,4)30)24-12-13-25-21(7-6-14-27(24,25)5)11-10-20-15-22(28)17-23(29)16-20/h8-11,18-19,22-25,28-30H,6-7,12-17H2,1-5H3/b9-8+,21-11+/t18-,19-,22-,23-,24?,25?,27-/m1/s1. The number of aliphatic hydroxyl groups excluding tert-OH is 2. The maximum absolute atomic E-state index is 10.2. The van der Waals surface area contributed by atoms with Gasteiger partial charge in [0.05, 0.1) is 17.8 Å². The first kappa shape index (κ1) is 23.8. The monoisotopic (exact) mass is 416 g/mol. The van der Waals surface area contributed by atoms with E-state index >= 15 is 0 Å². The van der Waals surface area contributed by atoms with Crippen molar-refractivity contribution in [3.8, 4) is 0 Å². The molecule has 30 heavy (non-hydrogen) atoms. The summed E-state index contributed by atoms with van der Waals surface area (Å²) in [5.41, 5.74) is 2.43. The van der Waals surface area contributed by atoms with E-state index in [0.29, 0.717) is 42.4 Å². The van der Waals surface area contributed by atoms with Crippen LogP contribution in [0.2, 0.25) is 0 Å². The number of aliphatic hydroxyl groups is 3. The lowest BCUT2D eigenvalue weighted by atomic mass is 9.61. The summed E-state index contributed by atoms with van der Waals surface area (Å²) in [6.45, 7) is 10.7. The summed E-state index contributed by atoms with van der Waals surface area (Å²) in [5.74, 6) is 2.00. The molecule has 0 aromatic heterocycles. The first-order chi connectivity index (χ1) is 14.0. The maximum atomic E-state index is 10.2. The van der Waals surface area contributed by atoms with Gasteiger partial charge in [0.25, 0.3) is 0 Å². The fourth-order valence-corrected chi connectivity index (χ4v) is 6.39. The molecule has 0 saturated heterocycles. The fraction of sp³-hybridized carbons (Fsp3) is 0.778. The fourth-order valence-electron chi connectivity index (χ4n) is 6.39. The third-order valence-electron chi connectivity index (χ3n) is 8.56. The highest BCUT2D eigenvalue weighted by Crippen LogP contribution is 2.59. The van der Waals surface area contributed by atoms with E-state index in [1.165, 1.54) is 37.7 Å². The van der Waals surface area contributed by atoms with Gasteiger partial charge in [0.15, 0.2) is 0 Å². The third kappa shape index (κ3) is 5.29. The predicted octanol–water partition coefficient (Wildman–Crippen LogP) is 5.56. The van der Waals surface area contributed by atoms with Crippen LogP contribution in [0, 0.1) is 29.1 Å². The zero-order valence-corrected chi connectivity index (χ0v) is 19.8. The predicted molar refractivity (Wildman–Crippen MR) is 124 cm³/mol. The van der Waals surface area contributed by atoms with Crippen LogP contribution in [0.4, 0.5) is 0 Å². The first-order valence-electron chi connectivity index (χ1n) is 12.2. The van der Waals surface area contributed by atoms with Crippen molar-refractivity contribution in [2.45, 2.75) is 104 Å². The van der Waals surface area contributed by atoms with Gasteiger partial charge in [-0.1, -0.05) is 56.2 Å². The topological polar surface area (TPSA) is 60.7 Å². The summed E-state index contributed by atoms with van der Waals surface area (Å²) in [6.07, 6.45) is 16.5. The molecule has 0 spiro atoms. The summed E-state index contributed by atoms with van der Waals surface area (Å²) in [7, 11) is 0. The van der Waals surface area contributed by atoms with E-state index < -0.39 is 17.8 Å². The molecule has 3 fully saturated rings. The van der Waals surface area contributed by atoms with E-state index in [9.17, 15) is 15.3 Å². The summed E-state index contributed by atoms with van der Waals surface area (Å²) >= 11 is 0. The Hall–Kier alpha value is -0.900. The van der Waals surface area contributed by atoms with Crippen molar-refractivity contribution in [2.75, 3.05) is 0 Å². The molecule has 0 bridgehead atoms. The maximum Gasteiger partial charge on any atom is 0.0651 e. The van der Waals surface area contributed by atoms with Crippen LogP contribution in [0.1, 0.15) is 86.0 Å². The van der Waals surface area contributed by atoms with Crippen molar-refractivity contribution in [1.29, 1.82) is 0 Å². The van der Waals surface area contributed by atoms with Gasteiger partial charge < -0.3 is 15.3 Å². The molecule has 3 nitrogen and oxygen atoms in total. The van der Waals surface area contributed by atoms with Crippen molar-refractivity contribution in [3.05, 3.63) is 35.5 Å². The number of rotatable bonds is 5. The minimum Gasteiger partial charge on any atom is -0.393 e. The SMILES string of the molecule is C[C@H](/C=C/[C@@H](C)C(C)(C)O)C1CCC2/C(=C/C=C3C[C@@H](O)C[C@H](O)C3)CCC[C@@]21C. The quantitative estimate of drug-likeness (QED) is 0.514. The van der Waals surface area contributed by atoms with Crippen molar-refractivity contribution in [1.82, 2.24) is 0 Å². The molecule has 2 unspecified atom stereocenters. The Kier molecular flexibility index (Phi) is 7.37. The molecular weight excluding hydrogens is 372 g/mol. The molecule has 0 aromatic carbocycles. The van der Waals surface area contributed by atoms with E-state index in [0.717, 1.165) is 0 Å². The molecule has 0 amide bonds. The zero-order valence-electron chi connectivity index (χ0n) is 19.8. The van der Waals surface area contributed by atoms with Gasteiger partial charge in [-0.25, -0.2) is 0 Å². The van der Waals surface area contributed by atoms with Crippen LogP contribution in [0.3, 0.4) is 0 Å². The van der Waals surface area contributed by atoms with Gasteiger partial charge in [-0.05, 0) is 88.4 Å². The second kappa shape index (κ2) is 9.30. The highest BCUT2D eigenvalue weighted by atomic mass is 16.3. The lowest BCUT2D eigenvalue weighted by molar-refractivity contribution is 0.0436. The highest BCUT2D eigenvalue weighted by molar-refractivity contribution is 5.26. The van der Waals surface area contributed by atoms with Crippen molar-refractivity contribution >= 4 is 0 Å². The number of allylic oxidation sites excluding steroid dienone is 4. The lowest BCUT2D eigenvalue weighted by Crippen LogP contribution is -2.35. The highest BCUT2D eigenvalue weighted by Gasteiger charge is 2.50. The zero-order chi connectivity index (χ0) is 22.1. The van der Waals surface area contributed by atoms with Crippen LogP contribution in [-0.4, -0.2) is 33.1 Å². The molecule has 3 rings (SSSR count). The third-order valence-corrected chi connectivity index (χ3v) is 8.56. The molecule has 0 aromatic rings. The normalized spacial score (nSPS) is 38.7. The Morgan fingerprint density at radius 3 is 2.33 bits per heavy atom. The van der Waals surface area contributed by atoms with Gasteiger partial charge in [-0.15, -0.1) is 0 Å². The van der Waals surface area contributed by atoms with Crippen LogP contribution < -0.4 is 0 Å². The van der Waals surface area contributed by atoms with Crippen LogP contribution in [0.25, 0.3) is 0 Å². The van der Waals surface area contributed by atoms with E-state index in [1.54, 1.807) is 5.57 Å². The van der Waals surface area contributed by atoms with Gasteiger partial charge in [0.1, 0.15) is 0 Å². The lowest BCUT2D eigenvalue weighted by Gasteiger charge is -2.44. The van der Waals surface area contributed by atoms with E-state index in [2.05, 4.69) is 45.1 Å². The number of fused-ring (bicyclic) bond motifs is 1. The Labute approximate surface area is 184 Å². The van der Waals surface area contributed by atoms with Crippen LogP contribution in [0.15, 0.2) is 35.5 Å². The van der Waals surface area contributed by atoms with E-state index in [4.69, 9.17) is 0 Å². The molecule has 170 valence electrons. The molecule has 3 N–H and O–H groups in total. The summed E-state index contributed by atoms with van der Waals surface area (Å²) in [6, 6.07) is 0. The smallest absolute Gasteiger partial charge is 0.0651 e. The number of hydrogen-bond acceptors (Lipinski definition) is 3. The van der Waals surface area contributed by atoms with E-state index in [-0.39, 0.29) is 5.92 Å². The first-order valence-corrected chi connectivity index (χ1v) is 12.2. The van der Waals surface area contributed by atoms with Crippen molar-refractivity contribution < 1.29 is 15.3 Å². The summed E-state index contributed by atoms with van der Waals surface area (Å²) in [5, 5.41) is 30.2. The molecule has 0 aliphatic heterocycles. The summed E-state index contributed by atoms with van der Waals surface area (Å²) < 4.78 is 0. The Bertz CT molecular complexity index is 671. The van der Waals surface area contributed by atoms with Gasteiger partial charge in [-0.2, -0.15) is 0 Å². The Balaban J connectivity index is 1.73. The largest absolute Gasteiger partial charge is 0.393 e. The average molecular weight is 417 g/mol. The van der Waals surface area contributed by atoms with Gasteiger partial charge in [-0.3, -0.25) is 0 Å². The Morgan fingerprint density at radius 1 is 1.03 bits per heavy atom. The summed E-state index contributed by atoms with van der Waals surface area (Å²) in [4.78, 5) is 0.